The van der Waals surface area contributed by atoms with Gasteiger partial charge in [-0.15, -0.1) is 11.8 Å². The average molecular weight is 450 g/mol. The Morgan fingerprint density at radius 1 is 1.25 bits per heavy atom. The molecule has 0 fully saturated rings. The van der Waals surface area contributed by atoms with Crippen molar-refractivity contribution in [3.05, 3.63) is 69.7 Å². The second kappa shape index (κ2) is 10.9. The molecule has 1 atom stereocenters. The molecule has 1 unspecified atom stereocenters. The van der Waals surface area contributed by atoms with Gasteiger partial charge in [-0.2, -0.15) is 5.26 Å². The molecule has 1 aromatic heterocycles. The van der Waals surface area contributed by atoms with Crippen LogP contribution in [0.5, 0.6) is 0 Å². The molecule has 7 nitrogen and oxygen atoms in total. The van der Waals surface area contributed by atoms with Crippen LogP contribution in [0, 0.1) is 17.2 Å². The first-order chi connectivity index (χ1) is 15.4. The molecule has 1 heterocycles. The van der Waals surface area contributed by atoms with E-state index in [-0.39, 0.29) is 29.2 Å². The van der Waals surface area contributed by atoms with E-state index in [2.05, 4.69) is 45.9 Å². The van der Waals surface area contributed by atoms with Crippen LogP contribution in [0.4, 0.5) is 0 Å². The Balaban J connectivity index is 1.59. The first-order valence-electron chi connectivity index (χ1n) is 10.6. The summed E-state index contributed by atoms with van der Waals surface area (Å²) in [6.07, 6.45) is 2.79. The van der Waals surface area contributed by atoms with Crippen LogP contribution in [0.1, 0.15) is 70.9 Å². The molecule has 8 heteroatoms. The topological polar surface area (TPSA) is 108 Å². The smallest absolute Gasteiger partial charge is 0.270 e. The largest absolute Gasteiger partial charge is 0.347 e. The average Bonchev–Trinajstić information content (AvgIpc) is 3.19. The molecule has 2 aromatic rings. The number of fused-ring (bicyclic) bond motifs is 1. The zero-order valence-electron chi connectivity index (χ0n) is 18.5. The number of amides is 2. The van der Waals surface area contributed by atoms with Crippen LogP contribution in [0.2, 0.25) is 0 Å². The number of carbonyl (C=O) groups excluding carboxylic acids is 2. The minimum Gasteiger partial charge on any atom is -0.347 e. The highest BCUT2D eigenvalue weighted by molar-refractivity contribution is 8.02. The summed E-state index contributed by atoms with van der Waals surface area (Å²) in [6, 6.07) is 8.92. The molecule has 1 aromatic carbocycles. The van der Waals surface area contributed by atoms with E-state index >= 15 is 0 Å². The Morgan fingerprint density at radius 3 is 2.72 bits per heavy atom. The zero-order chi connectivity index (χ0) is 23.1. The van der Waals surface area contributed by atoms with Crippen LogP contribution in [-0.2, 0) is 6.42 Å². The fraction of sp³-hybridized carbons (Fsp3) is 0.375. The Bertz CT molecular complexity index is 1070. The van der Waals surface area contributed by atoms with Crippen molar-refractivity contribution < 1.29 is 9.59 Å². The number of benzene rings is 1. The Kier molecular flexibility index (Phi) is 8.01. The molecule has 2 amide bonds. The fourth-order valence-corrected chi connectivity index (χ4v) is 4.26. The van der Waals surface area contributed by atoms with Gasteiger partial charge in [-0.1, -0.05) is 19.9 Å². The van der Waals surface area contributed by atoms with Gasteiger partial charge in [-0.3, -0.25) is 9.59 Å². The molecule has 2 N–H and O–H groups in total. The number of thioether (sulfide) groups is 1. The number of aromatic nitrogens is 2. The van der Waals surface area contributed by atoms with Gasteiger partial charge in [0.05, 0.1) is 17.7 Å². The van der Waals surface area contributed by atoms with Gasteiger partial charge in [0, 0.05) is 12.6 Å². The van der Waals surface area contributed by atoms with E-state index in [4.69, 9.17) is 5.26 Å². The summed E-state index contributed by atoms with van der Waals surface area (Å²) >= 11 is 1.73. The van der Waals surface area contributed by atoms with Gasteiger partial charge in [0.2, 0.25) is 0 Å². The van der Waals surface area contributed by atoms with Crippen LogP contribution < -0.4 is 10.6 Å². The van der Waals surface area contributed by atoms with E-state index in [1.807, 2.05) is 19.1 Å². The molecule has 166 valence electrons. The maximum Gasteiger partial charge on any atom is 0.270 e. The summed E-state index contributed by atoms with van der Waals surface area (Å²) in [5.41, 5.74) is 4.06. The minimum atomic E-state index is -0.357. The van der Waals surface area contributed by atoms with E-state index < -0.39 is 0 Å². The van der Waals surface area contributed by atoms with Crippen LogP contribution in [0.3, 0.4) is 0 Å². The number of hydrogen-bond acceptors (Lipinski definition) is 6. The van der Waals surface area contributed by atoms with E-state index in [1.165, 1.54) is 12.4 Å². The highest BCUT2D eigenvalue weighted by Crippen LogP contribution is 2.31. The Hall–Kier alpha value is -3.18. The van der Waals surface area contributed by atoms with E-state index in [1.54, 1.807) is 17.8 Å². The Labute approximate surface area is 192 Å². The molecular weight excluding hydrogens is 422 g/mol. The molecule has 1 aliphatic carbocycles. The van der Waals surface area contributed by atoms with Gasteiger partial charge in [-0.25, -0.2) is 9.97 Å². The Morgan fingerprint density at radius 2 is 2.00 bits per heavy atom. The zero-order valence-corrected chi connectivity index (χ0v) is 19.3. The normalized spacial score (nSPS) is 15.2. The number of hydrogen-bond donors (Lipinski definition) is 2. The van der Waals surface area contributed by atoms with Crippen molar-refractivity contribution in [3.8, 4) is 6.07 Å². The van der Waals surface area contributed by atoms with Crippen molar-refractivity contribution in [2.45, 2.75) is 39.7 Å². The number of rotatable bonds is 8. The van der Waals surface area contributed by atoms with Crippen molar-refractivity contribution >= 4 is 23.6 Å². The summed E-state index contributed by atoms with van der Waals surface area (Å²) in [5.74, 6) is 0.931. The molecule has 3 rings (SSSR count). The molecular formula is C24H27N5O2S. The lowest BCUT2D eigenvalue weighted by Crippen LogP contribution is -2.29. The second-order valence-electron chi connectivity index (χ2n) is 8.25. The van der Waals surface area contributed by atoms with Crippen LogP contribution in [-0.4, -0.2) is 34.1 Å². The lowest BCUT2D eigenvalue weighted by Gasteiger charge is -2.14. The number of nitrogens with one attached hydrogen (secondary N) is 2. The van der Waals surface area contributed by atoms with Gasteiger partial charge in [-0.05, 0) is 65.7 Å². The van der Waals surface area contributed by atoms with Crippen molar-refractivity contribution in [2.24, 2.45) is 5.92 Å². The molecule has 0 saturated heterocycles. The fourth-order valence-electron chi connectivity index (χ4n) is 3.41. The van der Waals surface area contributed by atoms with Gasteiger partial charge < -0.3 is 10.6 Å². The van der Waals surface area contributed by atoms with Gasteiger partial charge in [0.25, 0.3) is 11.8 Å². The standard InChI is InChI=1S/C24H27N5O2S/c1-15(2)12-32-13-16(3)11-26-23(30)21-9-22(28-14-27-21)24(31)29-20-7-5-18-8-17(10-25)4-6-19(18)20/h4,6,8-9,13-15,20H,5,7,11-12H2,1-3H3,(H,26,30)(H,29,31)/b16-13+. The van der Waals surface area contributed by atoms with Crippen molar-refractivity contribution in [2.75, 3.05) is 12.3 Å². The van der Waals surface area contributed by atoms with Gasteiger partial charge in [0.1, 0.15) is 17.7 Å². The van der Waals surface area contributed by atoms with Gasteiger partial charge >= 0.3 is 0 Å². The summed E-state index contributed by atoms with van der Waals surface area (Å²) in [7, 11) is 0. The quantitative estimate of drug-likeness (QED) is 0.635. The predicted molar refractivity (Wildman–Crippen MR) is 125 cm³/mol. The van der Waals surface area contributed by atoms with Crippen LogP contribution in [0.25, 0.3) is 0 Å². The van der Waals surface area contributed by atoms with Crippen molar-refractivity contribution in [1.29, 1.82) is 5.26 Å². The highest BCUT2D eigenvalue weighted by Gasteiger charge is 2.25. The molecule has 0 spiro atoms. The monoisotopic (exact) mass is 449 g/mol. The number of aryl methyl sites for hydroxylation is 1. The van der Waals surface area contributed by atoms with Crippen LogP contribution >= 0.6 is 11.8 Å². The predicted octanol–water partition coefficient (Wildman–Crippen LogP) is 3.79. The summed E-state index contributed by atoms with van der Waals surface area (Å²) in [5, 5.41) is 16.9. The number of nitriles is 1. The van der Waals surface area contributed by atoms with E-state index in [0.717, 1.165) is 35.3 Å². The first-order valence-corrected chi connectivity index (χ1v) is 11.6. The third kappa shape index (κ3) is 6.17. The van der Waals surface area contributed by atoms with Crippen molar-refractivity contribution in [3.63, 3.8) is 0 Å². The molecule has 0 radical (unpaired) electrons. The summed E-state index contributed by atoms with van der Waals surface area (Å²) < 4.78 is 0. The third-order valence-corrected chi connectivity index (χ3v) is 6.46. The lowest BCUT2D eigenvalue weighted by molar-refractivity contribution is 0.0931. The van der Waals surface area contributed by atoms with E-state index in [9.17, 15) is 9.59 Å². The summed E-state index contributed by atoms with van der Waals surface area (Å²) in [4.78, 5) is 33.3. The SMILES string of the molecule is C/C(=C\SCC(C)C)CNC(=O)c1cc(C(=O)NC2CCc3cc(C#N)ccc32)ncn1. The second-order valence-corrected chi connectivity index (χ2v) is 9.16. The first kappa shape index (κ1) is 23.5. The highest BCUT2D eigenvalue weighted by atomic mass is 32.2. The van der Waals surface area contributed by atoms with E-state index in [0.29, 0.717) is 18.0 Å². The maximum atomic E-state index is 12.8. The maximum absolute atomic E-state index is 12.8. The minimum absolute atomic E-state index is 0.145. The van der Waals surface area contributed by atoms with Crippen LogP contribution in [0.15, 0.2) is 41.6 Å². The third-order valence-electron chi connectivity index (χ3n) is 5.03. The molecule has 32 heavy (non-hydrogen) atoms. The lowest BCUT2D eigenvalue weighted by atomic mass is 10.1. The van der Waals surface area contributed by atoms with Gasteiger partial charge in [0.15, 0.2) is 0 Å². The number of nitrogens with zero attached hydrogens (tertiary/aromatic N) is 3. The molecule has 0 saturated carbocycles. The molecule has 0 aliphatic heterocycles. The number of carbonyl (C=O) groups is 2. The molecule has 1 aliphatic rings. The summed E-state index contributed by atoms with van der Waals surface area (Å²) in [6.45, 7) is 6.71. The molecule has 0 bridgehead atoms. The van der Waals surface area contributed by atoms with Crippen molar-refractivity contribution in [1.82, 2.24) is 20.6 Å².